The van der Waals surface area contributed by atoms with E-state index >= 15 is 0 Å². The van der Waals surface area contributed by atoms with Crippen molar-refractivity contribution < 1.29 is 4.79 Å². The number of rotatable bonds is 4. The lowest BCUT2D eigenvalue weighted by atomic mass is 10.0. The fourth-order valence-electron chi connectivity index (χ4n) is 2.06. The van der Waals surface area contributed by atoms with Gasteiger partial charge in [0.15, 0.2) is 0 Å². The molecule has 3 aromatic rings. The van der Waals surface area contributed by atoms with Crippen LogP contribution >= 0.6 is 11.3 Å². The van der Waals surface area contributed by atoms with Crippen molar-refractivity contribution in [2.24, 2.45) is 0 Å². The first-order chi connectivity index (χ1) is 10.3. The number of benzene rings is 1. The molecule has 0 saturated heterocycles. The molecule has 0 radical (unpaired) electrons. The molecule has 0 spiro atoms. The fraction of sp³-hybridized carbons (Fsp3) is 0.0625. The highest BCUT2D eigenvalue weighted by Crippen LogP contribution is 2.25. The van der Waals surface area contributed by atoms with E-state index in [2.05, 4.69) is 32.8 Å². The molecular formula is C16H13N3OS. The zero-order chi connectivity index (χ0) is 14.5. The van der Waals surface area contributed by atoms with Crippen LogP contribution in [-0.4, -0.2) is 15.9 Å². The minimum absolute atomic E-state index is 0.219. The predicted octanol–water partition coefficient (Wildman–Crippen LogP) is 3.14. The van der Waals surface area contributed by atoms with Gasteiger partial charge >= 0.3 is 0 Å². The third-order valence-electron chi connectivity index (χ3n) is 3.08. The summed E-state index contributed by atoms with van der Waals surface area (Å²) in [4.78, 5) is 19.9. The van der Waals surface area contributed by atoms with Gasteiger partial charge in [0, 0.05) is 18.9 Å². The Bertz CT molecular complexity index is 726. The van der Waals surface area contributed by atoms with Crippen LogP contribution in [0.1, 0.15) is 16.1 Å². The molecule has 3 rings (SSSR count). The summed E-state index contributed by atoms with van der Waals surface area (Å²) in [5.74, 6) is -0.219. The van der Waals surface area contributed by atoms with E-state index in [4.69, 9.17) is 0 Å². The predicted molar refractivity (Wildman–Crippen MR) is 83.0 cm³/mol. The van der Waals surface area contributed by atoms with Gasteiger partial charge in [-0.25, -0.2) is 4.98 Å². The van der Waals surface area contributed by atoms with Gasteiger partial charge in [0.05, 0.1) is 6.20 Å². The van der Waals surface area contributed by atoms with Crippen LogP contribution in [0.25, 0.3) is 11.1 Å². The van der Waals surface area contributed by atoms with Crippen LogP contribution in [0.4, 0.5) is 0 Å². The molecule has 104 valence electrons. The molecule has 0 fully saturated rings. The third kappa shape index (κ3) is 3.14. The monoisotopic (exact) mass is 295 g/mol. The maximum absolute atomic E-state index is 12.0. The van der Waals surface area contributed by atoms with Gasteiger partial charge in [-0.1, -0.05) is 24.3 Å². The molecule has 0 atom stereocenters. The summed E-state index contributed by atoms with van der Waals surface area (Å²) < 4.78 is 0. The van der Waals surface area contributed by atoms with Gasteiger partial charge < -0.3 is 5.32 Å². The van der Waals surface area contributed by atoms with Crippen molar-refractivity contribution in [3.8, 4) is 11.1 Å². The fourth-order valence-corrected chi connectivity index (χ4v) is 2.71. The number of hydrogen-bond donors (Lipinski definition) is 1. The van der Waals surface area contributed by atoms with Gasteiger partial charge in [-0.15, -0.1) is 0 Å². The van der Waals surface area contributed by atoms with Gasteiger partial charge in [0.25, 0.3) is 5.91 Å². The topological polar surface area (TPSA) is 54.9 Å². The van der Waals surface area contributed by atoms with Crippen molar-refractivity contribution in [2.45, 2.75) is 6.54 Å². The summed E-state index contributed by atoms with van der Waals surface area (Å²) in [7, 11) is 0. The minimum Gasteiger partial charge on any atom is -0.347 e. The zero-order valence-corrected chi connectivity index (χ0v) is 12.0. The van der Waals surface area contributed by atoms with Gasteiger partial charge in [-0.05, 0) is 33.5 Å². The summed E-state index contributed by atoms with van der Waals surface area (Å²) in [6, 6.07) is 10.1. The maximum atomic E-state index is 12.0. The number of thiophene rings is 1. The zero-order valence-electron chi connectivity index (χ0n) is 11.2. The lowest BCUT2D eigenvalue weighted by molar-refractivity contribution is 0.0945. The maximum Gasteiger partial charge on any atom is 0.271 e. The van der Waals surface area contributed by atoms with Crippen molar-refractivity contribution in [3.63, 3.8) is 0 Å². The van der Waals surface area contributed by atoms with Gasteiger partial charge in [0.1, 0.15) is 5.69 Å². The Hall–Kier alpha value is -2.53. The summed E-state index contributed by atoms with van der Waals surface area (Å²) >= 11 is 1.66. The number of carbonyl (C=O) groups excluding carboxylic acids is 1. The number of nitrogens with one attached hydrogen (secondary N) is 1. The van der Waals surface area contributed by atoms with Crippen molar-refractivity contribution in [1.82, 2.24) is 15.3 Å². The van der Waals surface area contributed by atoms with Crippen LogP contribution in [0.2, 0.25) is 0 Å². The molecule has 2 heterocycles. The highest BCUT2D eigenvalue weighted by Gasteiger charge is 2.09. The molecule has 1 N–H and O–H groups in total. The number of aromatic nitrogens is 2. The van der Waals surface area contributed by atoms with Crippen molar-refractivity contribution >= 4 is 17.2 Å². The van der Waals surface area contributed by atoms with E-state index in [1.54, 1.807) is 17.5 Å². The Labute approximate surface area is 126 Å². The Kier molecular flexibility index (Phi) is 4.02. The number of amides is 1. The summed E-state index contributed by atoms with van der Waals surface area (Å²) in [6.45, 7) is 0.460. The first-order valence-electron chi connectivity index (χ1n) is 6.49. The largest absolute Gasteiger partial charge is 0.347 e. The lowest BCUT2D eigenvalue weighted by Crippen LogP contribution is -2.24. The van der Waals surface area contributed by atoms with E-state index in [1.165, 1.54) is 18.0 Å². The minimum atomic E-state index is -0.219. The molecule has 5 heteroatoms. The quantitative estimate of drug-likeness (QED) is 0.804. The molecular weight excluding hydrogens is 282 g/mol. The molecule has 0 aliphatic rings. The van der Waals surface area contributed by atoms with Crippen LogP contribution < -0.4 is 5.32 Å². The van der Waals surface area contributed by atoms with Crippen molar-refractivity contribution in [2.75, 3.05) is 0 Å². The molecule has 1 amide bonds. The average Bonchev–Trinajstić information content (AvgIpc) is 3.08. The van der Waals surface area contributed by atoms with E-state index in [-0.39, 0.29) is 5.91 Å². The first kappa shape index (κ1) is 13.5. The second kappa shape index (κ2) is 6.28. The number of nitrogens with zero attached hydrogens (tertiary/aromatic N) is 2. The molecule has 0 aliphatic carbocycles. The Morgan fingerprint density at radius 1 is 1.19 bits per heavy atom. The van der Waals surface area contributed by atoms with Crippen LogP contribution in [-0.2, 0) is 6.54 Å². The summed E-state index contributed by atoms with van der Waals surface area (Å²) in [5.41, 5.74) is 3.71. The van der Waals surface area contributed by atoms with E-state index in [9.17, 15) is 4.79 Å². The Morgan fingerprint density at radius 3 is 2.86 bits per heavy atom. The summed E-state index contributed by atoms with van der Waals surface area (Å²) in [6.07, 6.45) is 4.51. The molecule has 0 bridgehead atoms. The molecule has 0 unspecified atom stereocenters. The van der Waals surface area contributed by atoms with E-state index in [0.29, 0.717) is 12.2 Å². The van der Waals surface area contributed by atoms with Crippen LogP contribution in [0.15, 0.2) is 59.7 Å². The molecule has 1 aromatic carbocycles. The number of carbonyl (C=O) groups is 1. The van der Waals surface area contributed by atoms with E-state index in [1.807, 2.05) is 23.6 Å². The SMILES string of the molecule is O=C(NCc1ccccc1-c1ccsc1)c1cnccn1. The number of hydrogen-bond acceptors (Lipinski definition) is 4. The normalized spacial score (nSPS) is 10.3. The van der Waals surface area contributed by atoms with Crippen LogP contribution in [0, 0.1) is 0 Å². The van der Waals surface area contributed by atoms with Crippen molar-refractivity contribution in [1.29, 1.82) is 0 Å². The Morgan fingerprint density at radius 2 is 2.10 bits per heavy atom. The molecule has 21 heavy (non-hydrogen) atoms. The smallest absolute Gasteiger partial charge is 0.271 e. The second-order valence-corrected chi connectivity index (χ2v) is 5.22. The summed E-state index contributed by atoms with van der Waals surface area (Å²) in [5, 5.41) is 7.03. The lowest BCUT2D eigenvalue weighted by Gasteiger charge is -2.09. The van der Waals surface area contributed by atoms with Crippen molar-refractivity contribution in [3.05, 3.63) is 70.9 Å². The molecule has 4 nitrogen and oxygen atoms in total. The molecule has 0 aliphatic heterocycles. The van der Waals surface area contributed by atoms with Gasteiger partial charge in [-0.3, -0.25) is 9.78 Å². The van der Waals surface area contributed by atoms with Gasteiger partial charge in [-0.2, -0.15) is 11.3 Å². The van der Waals surface area contributed by atoms with Crippen LogP contribution in [0.3, 0.4) is 0 Å². The first-order valence-corrected chi connectivity index (χ1v) is 7.43. The molecule has 0 saturated carbocycles. The third-order valence-corrected chi connectivity index (χ3v) is 3.77. The second-order valence-electron chi connectivity index (χ2n) is 4.44. The Balaban J connectivity index is 1.76. The average molecular weight is 295 g/mol. The molecule has 2 aromatic heterocycles. The highest BCUT2D eigenvalue weighted by molar-refractivity contribution is 7.08. The van der Waals surface area contributed by atoms with E-state index in [0.717, 1.165) is 11.1 Å². The standard InChI is InChI=1S/C16H13N3OS/c20-16(15-10-17-6-7-18-15)19-9-12-3-1-2-4-14(12)13-5-8-21-11-13/h1-8,10-11H,9H2,(H,19,20). The highest BCUT2D eigenvalue weighted by atomic mass is 32.1. The van der Waals surface area contributed by atoms with Gasteiger partial charge in [0.2, 0.25) is 0 Å². The van der Waals surface area contributed by atoms with E-state index < -0.39 is 0 Å². The van der Waals surface area contributed by atoms with Crippen LogP contribution in [0.5, 0.6) is 0 Å².